The van der Waals surface area contributed by atoms with Gasteiger partial charge in [0.2, 0.25) is 0 Å². The van der Waals surface area contributed by atoms with Crippen LogP contribution in [0.3, 0.4) is 0 Å². The number of nitrogens with zero attached hydrogens (tertiary/aromatic N) is 1. The number of anilines is 1. The van der Waals surface area contributed by atoms with E-state index in [9.17, 15) is 4.39 Å². The first-order chi connectivity index (χ1) is 8.16. The van der Waals surface area contributed by atoms with Crippen molar-refractivity contribution in [1.82, 2.24) is 4.98 Å². The molecule has 2 nitrogen and oxygen atoms in total. The van der Waals surface area contributed by atoms with Gasteiger partial charge in [0, 0.05) is 12.2 Å². The van der Waals surface area contributed by atoms with Crippen LogP contribution in [-0.2, 0) is 0 Å². The Morgan fingerprint density at radius 3 is 2.59 bits per heavy atom. The Hall–Kier alpha value is -1.61. The summed E-state index contributed by atoms with van der Waals surface area (Å²) in [7, 11) is 0. The molecule has 88 valence electrons. The summed E-state index contributed by atoms with van der Waals surface area (Å²) in [4.78, 5) is 4.14. The van der Waals surface area contributed by atoms with Gasteiger partial charge in [-0.3, -0.25) is 0 Å². The van der Waals surface area contributed by atoms with E-state index in [4.69, 9.17) is 11.6 Å². The van der Waals surface area contributed by atoms with Crippen LogP contribution in [0.2, 0.25) is 5.02 Å². The van der Waals surface area contributed by atoms with Gasteiger partial charge in [-0.15, -0.1) is 0 Å². The molecule has 1 heterocycles. The van der Waals surface area contributed by atoms with Crippen LogP contribution < -0.4 is 5.32 Å². The van der Waals surface area contributed by atoms with E-state index < -0.39 is 0 Å². The maximum Gasteiger partial charge on any atom is 0.145 e. The van der Waals surface area contributed by atoms with Crippen molar-refractivity contribution in [3.8, 4) is 0 Å². The van der Waals surface area contributed by atoms with Crippen LogP contribution in [0.15, 0.2) is 42.6 Å². The molecule has 0 aliphatic rings. The first-order valence-corrected chi connectivity index (χ1v) is 5.67. The normalized spacial score (nSPS) is 12.2. The van der Waals surface area contributed by atoms with Crippen LogP contribution in [0.4, 0.5) is 10.2 Å². The summed E-state index contributed by atoms with van der Waals surface area (Å²) in [6, 6.07) is 9.92. The number of rotatable bonds is 3. The second-order valence-electron chi connectivity index (χ2n) is 3.75. The molecule has 17 heavy (non-hydrogen) atoms. The fourth-order valence-electron chi connectivity index (χ4n) is 1.53. The molecule has 0 saturated carbocycles. The van der Waals surface area contributed by atoms with Gasteiger partial charge >= 0.3 is 0 Å². The maximum absolute atomic E-state index is 12.8. The second-order valence-corrected chi connectivity index (χ2v) is 4.16. The summed E-state index contributed by atoms with van der Waals surface area (Å²) in [6.07, 6.45) is 1.67. The molecule has 1 atom stereocenters. The van der Waals surface area contributed by atoms with Crippen molar-refractivity contribution in [1.29, 1.82) is 0 Å². The predicted molar refractivity (Wildman–Crippen MR) is 67.7 cm³/mol. The van der Waals surface area contributed by atoms with Crippen LogP contribution in [0.25, 0.3) is 0 Å². The third kappa shape index (κ3) is 2.94. The molecule has 4 heteroatoms. The third-order valence-electron chi connectivity index (χ3n) is 2.48. The minimum absolute atomic E-state index is 0.0167. The SMILES string of the molecule is CC(Nc1ncccc1Cl)c1ccc(F)cc1. The summed E-state index contributed by atoms with van der Waals surface area (Å²) in [5.74, 6) is 0.391. The first kappa shape index (κ1) is 11.9. The van der Waals surface area contributed by atoms with Gasteiger partial charge in [0.1, 0.15) is 11.6 Å². The average Bonchev–Trinajstić information content (AvgIpc) is 2.33. The van der Waals surface area contributed by atoms with Crippen molar-refractivity contribution in [3.63, 3.8) is 0 Å². The van der Waals surface area contributed by atoms with Crippen molar-refractivity contribution in [3.05, 3.63) is 59.0 Å². The third-order valence-corrected chi connectivity index (χ3v) is 2.79. The lowest BCUT2D eigenvalue weighted by atomic mass is 10.1. The molecule has 0 fully saturated rings. The highest BCUT2D eigenvalue weighted by Crippen LogP contribution is 2.23. The molecule has 2 aromatic rings. The maximum atomic E-state index is 12.8. The summed E-state index contributed by atoms with van der Waals surface area (Å²) < 4.78 is 12.8. The van der Waals surface area contributed by atoms with E-state index in [0.29, 0.717) is 10.8 Å². The van der Waals surface area contributed by atoms with Crippen molar-refractivity contribution >= 4 is 17.4 Å². The zero-order chi connectivity index (χ0) is 12.3. The van der Waals surface area contributed by atoms with E-state index in [-0.39, 0.29) is 11.9 Å². The highest BCUT2D eigenvalue weighted by Gasteiger charge is 2.08. The molecular weight excluding hydrogens is 239 g/mol. The molecular formula is C13H12ClFN2. The molecule has 0 saturated heterocycles. The second kappa shape index (κ2) is 5.15. The van der Waals surface area contributed by atoms with Crippen LogP contribution in [0.1, 0.15) is 18.5 Å². The van der Waals surface area contributed by atoms with Gasteiger partial charge in [0.15, 0.2) is 0 Å². The molecule has 1 aromatic carbocycles. The van der Waals surface area contributed by atoms with Crippen LogP contribution in [-0.4, -0.2) is 4.98 Å². The largest absolute Gasteiger partial charge is 0.362 e. The molecule has 0 radical (unpaired) electrons. The minimum Gasteiger partial charge on any atom is -0.362 e. The molecule has 1 unspecified atom stereocenters. The Bertz CT molecular complexity index is 499. The summed E-state index contributed by atoms with van der Waals surface area (Å²) in [5.41, 5.74) is 0.980. The Morgan fingerprint density at radius 1 is 1.24 bits per heavy atom. The first-order valence-electron chi connectivity index (χ1n) is 5.29. The Morgan fingerprint density at radius 2 is 1.94 bits per heavy atom. The van der Waals surface area contributed by atoms with Gasteiger partial charge in [-0.2, -0.15) is 0 Å². The lowest BCUT2D eigenvalue weighted by Gasteiger charge is -2.15. The van der Waals surface area contributed by atoms with Crippen molar-refractivity contribution < 1.29 is 4.39 Å². The fourth-order valence-corrected chi connectivity index (χ4v) is 1.71. The van der Waals surface area contributed by atoms with E-state index in [2.05, 4.69) is 10.3 Å². The zero-order valence-electron chi connectivity index (χ0n) is 9.32. The van der Waals surface area contributed by atoms with Gasteiger partial charge in [-0.25, -0.2) is 9.37 Å². The fraction of sp³-hybridized carbons (Fsp3) is 0.154. The number of aromatic nitrogens is 1. The van der Waals surface area contributed by atoms with Crippen LogP contribution in [0.5, 0.6) is 0 Å². The van der Waals surface area contributed by atoms with E-state index in [0.717, 1.165) is 5.56 Å². The lowest BCUT2D eigenvalue weighted by molar-refractivity contribution is 0.626. The van der Waals surface area contributed by atoms with Crippen LogP contribution in [0, 0.1) is 5.82 Å². The molecule has 1 N–H and O–H groups in total. The smallest absolute Gasteiger partial charge is 0.145 e. The van der Waals surface area contributed by atoms with Gasteiger partial charge in [0.25, 0.3) is 0 Å². The number of hydrogen-bond donors (Lipinski definition) is 1. The molecule has 0 spiro atoms. The van der Waals surface area contributed by atoms with Gasteiger partial charge < -0.3 is 5.32 Å². The number of benzene rings is 1. The molecule has 0 amide bonds. The average molecular weight is 251 g/mol. The Kier molecular flexibility index (Phi) is 3.59. The summed E-state index contributed by atoms with van der Waals surface area (Å²) in [6.45, 7) is 1.97. The quantitative estimate of drug-likeness (QED) is 0.889. The van der Waals surface area contributed by atoms with E-state index in [1.54, 1.807) is 30.5 Å². The molecule has 2 rings (SSSR count). The van der Waals surface area contributed by atoms with Gasteiger partial charge in [0.05, 0.1) is 5.02 Å². The predicted octanol–water partition coefficient (Wildman–Crippen LogP) is 4.05. The minimum atomic E-state index is -0.239. The Labute approximate surface area is 104 Å². The standard InChI is InChI=1S/C13H12ClFN2/c1-9(10-4-6-11(15)7-5-10)17-13-12(14)3-2-8-16-13/h2-9H,1H3,(H,16,17). The van der Waals surface area contributed by atoms with E-state index in [1.807, 2.05) is 6.92 Å². The highest BCUT2D eigenvalue weighted by molar-refractivity contribution is 6.32. The van der Waals surface area contributed by atoms with E-state index >= 15 is 0 Å². The monoisotopic (exact) mass is 250 g/mol. The zero-order valence-corrected chi connectivity index (χ0v) is 10.1. The molecule has 0 aliphatic heterocycles. The molecule has 1 aromatic heterocycles. The van der Waals surface area contributed by atoms with Crippen molar-refractivity contribution in [2.75, 3.05) is 5.32 Å². The lowest BCUT2D eigenvalue weighted by Crippen LogP contribution is -2.08. The van der Waals surface area contributed by atoms with Crippen molar-refractivity contribution in [2.24, 2.45) is 0 Å². The van der Waals surface area contributed by atoms with Crippen LogP contribution >= 0.6 is 11.6 Å². The topological polar surface area (TPSA) is 24.9 Å². The highest BCUT2D eigenvalue weighted by atomic mass is 35.5. The van der Waals surface area contributed by atoms with Crippen molar-refractivity contribution in [2.45, 2.75) is 13.0 Å². The number of pyridine rings is 1. The number of hydrogen-bond acceptors (Lipinski definition) is 2. The van der Waals surface area contributed by atoms with Gasteiger partial charge in [-0.05, 0) is 36.8 Å². The summed E-state index contributed by atoms with van der Waals surface area (Å²) >= 11 is 6.00. The van der Waals surface area contributed by atoms with Gasteiger partial charge in [-0.1, -0.05) is 23.7 Å². The number of nitrogens with one attached hydrogen (secondary N) is 1. The van der Waals surface area contributed by atoms with E-state index in [1.165, 1.54) is 12.1 Å². The molecule has 0 bridgehead atoms. The summed E-state index contributed by atoms with van der Waals surface area (Å²) in [5, 5.41) is 3.75. The number of halogens is 2. The molecule has 0 aliphatic carbocycles. The Balaban J connectivity index is 2.14.